The highest BCUT2D eigenvalue weighted by Gasteiger charge is 2.09. The second kappa shape index (κ2) is 4.54. The molecular weight excluding hydrogens is 178 g/mol. The maximum absolute atomic E-state index is 10.8. The lowest BCUT2D eigenvalue weighted by Crippen LogP contribution is -2.19. The van der Waals surface area contributed by atoms with Gasteiger partial charge in [-0.3, -0.25) is 4.79 Å². The molecule has 1 aromatic carbocycles. The fourth-order valence-electron chi connectivity index (χ4n) is 1.08. The molecule has 1 N–H and O–H groups in total. The van der Waals surface area contributed by atoms with E-state index in [1.807, 2.05) is 6.07 Å². The molecule has 0 spiro atoms. The Morgan fingerprint density at radius 2 is 2.07 bits per heavy atom. The number of nitrogens with zero attached hydrogens (tertiary/aromatic N) is 1. The highest BCUT2D eigenvalue weighted by molar-refractivity contribution is 5.80. The number of aliphatic hydroxyl groups excluding tert-OH is 1. The zero-order valence-electron chi connectivity index (χ0n) is 7.90. The van der Waals surface area contributed by atoms with Crippen molar-refractivity contribution in [1.29, 1.82) is 5.26 Å². The van der Waals surface area contributed by atoms with E-state index in [-0.39, 0.29) is 5.78 Å². The molecule has 3 nitrogen and oxygen atoms in total. The fourth-order valence-corrected chi connectivity index (χ4v) is 1.08. The summed E-state index contributed by atoms with van der Waals surface area (Å²) in [5, 5.41) is 17.8. The molecule has 0 aromatic heterocycles. The number of benzene rings is 1. The lowest BCUT2D eigenvalue weighted by atomic mass is 10.0. The zero-order chi connectivity index (χ0) is 10.6. The second-order valence-electron chi connectivity index (χ2n) is 3.14. The largest absolute Gasteiger partial charge is 0.385 e. The first-order chi connectivity index (χ1) is 6.63. The maximum Gasteiger partial charge on any atom is 0.158 e. The zero-order valence-corrected chi connectivity index (χ0v) is 7.90. The SMILES string of the molecule is CC(=O)[C@H](O)Cc1ccc(C#N)cc1. The van der Waals surface area contributed by atoms with Crippen molar-refractivity contribution in [3.8, 4) is 6.07 Å². The average Bonchev–Trinajstić information content (AvgIpc) is 2.19. The van der Waals surface area contributed by atoms with Crippen molar-refractivity contribution in [1.82, 2.24) is 0 Å². The smallest absolute Gasteiger partial charge is 0.158 e. The fraction of sp³-hybridized carbons (Fsp3) is 0.273. The summed E-state index contributed by atoms with van der Waals surface area (Å²) in [7, 11) is 0. The molecule has 1 rings (SSSR count). The van der Waals surface area contributed by atoms with Gasteiger partial charge in [0.05, 0.1) is 11.6 Å². The Labute approximate surface area is 82.6 Å². The highest BCUT2D eigenvalue weighted by Crippen LogP contribution is 2.06. The number of hydrogen-bond acceptors (Lipinski definition) is 3. The highest BCUT2D eigenvalue weighted by atomic mass is 16.3. The lowest BCUT2D eigenvalue weighted by Gasteiger charge is -2.05. The number of ketones is 1. The van der Waals surface area contributed by atoms with E-state index in [2.05, 4.69) is 0 Å². The van der Waals surface area contributed by atoms with E-state index in [1.54, 1.807) is 24.3 Å². The topological polar surface area (TPSA) is 61.1 Å². The molecule has 0 fully saturated rings. The summed E-state index contributed by atoms with van der Waals surface area (Å²) in [6.45, 7) is 1.36. The van der Waals surface area contributed by atoms with E-state index in [0.717, 1.165) is 5.56 Å². The lowest BCUT2D eigenvalue weighted by molar-refractivity contribution is -0.124. The van der Waals surface area contributed by atoms with Crippen LogP contribution in [0.1, 0.15) is 18.1 Å². The van der Waals surface area contributed by atoms with Crippen LogP contribution in [-0.2, 0) is 11.2 Å². The molecule has 0 aliphatic carbocycles. The molecule has 0 saturated carbocycles. The van der Waals surface area contributed by atoms with Crippen LogP contribution in [0.5, 0.6) is 0 Å². The molecule has 1 aromatic rings. The molecule has 14 heavy (non-hydrogen) atoms. The van der Waals surface area contributed by atoms with Crippen molar-refractivity contribution in [2.24, 2.45) is 0 Å². The molecule has 0 saturated heterocycles. The Morgan fingerprint density at radius 1 is 1.50 bits per heavy atom. The second-order valence-corrected chi connectivity index (χ2v) is 3.14. The molecule has 72 valence electrons. The van der Waals surface area contributed by atoms with Crippen LogP contribution in [0.4, 0.5) is 0 Å². The number of aliphatic hydroxyl groups is 1. The van der Waals surface area contributed by atoms with Gasteiger partial charge in [0.25, 0.3) is 0 Å². The molecule has 0 unspecified atom stereocenters. The van der Waals surface area contributed by atoms with Gasteiger partial charge >= 0.3 is 0 Å². The molecule has 1 atom stereocenters. The summed E-state index contributed by atoms with van der Waals surface area (Å²) in [6, 6.07) is 8.82. The molecule has 0 aliphatic heterocycles. The molecule has 0 bridgehead atoms. The molecule has 3 heteroatoms. The number of carbonyl (C=O) groups is 1. The Morgan fingerprint density at radius 3 is 2.50 bits per heavy atom. The van der Waals surface area contributed by atoms with Gasteiger partial charge < -0.3 is 5.11 Å². The normalized spacial score (nSPS) is 11.8. The van der Waals surface area contributed by atoms with Crippen LogP contribution in [0, 0.1) is 11.3 Å². The minimum absolute atomic E-state index is 0.241. The van der Waals surface area contributed by atoms with Gasteiger partial charge in [0.2, 0.25) is 0 Å². The number of nitriles is 1. The molecular formula is C11H11NO2. The van der Waals surface area contributed by atoms with Crippen LogP contribution < -0.4 is 0 Å². The molecule has 0 aliphatic rings. The summed E-state index contributed by atoms with van der Waals surface area (Å²) in [4.78, 5) is 10.8. The maximum atomic E-state index is 10.8. The Balaban J connectivity index is 2.70. The summed E-state index contributed by atoms with van der Waals surface area (Å²) in [5.41, 5.74) is 1.43. The quantitative estimate of drug-likeness (QED) is 0.773. The van der Waals surface area contributed by atoms with Gasteiger partial charge in [0.1, 0.15) is 6.10 Å². The Kier molecular flexibility index (Phi) is 3.38. The third kappa shape index (κ3) is 2.68. The van der Waals surface area contributed by atoms with E-state index in [9.17, 15) is 9.90 Å². The number of rotatable bonds is 3. The van der Waals surface area contributed by atoms with Gasteiger partial charge in [-0.15, -0.1) is 0 Å². The monoisotopic (exact) mass is 189 g/mol. The Hall–Kier alpha value is -1.66. The molecule has 0 heterocycles. The van der Waals surface area contributed by atoms with Crippen molar-refractivity contribution in [3.05, 3.63) is 35.4 Å². The van der Waals surface area contributed by atoms with Crippen molar-refractivity contribution in [2.45, 2.75) is 19.4 Å². The van der Waals surface area contributed by atoms with Crippen molar-refractivity contribution >= 4 is 5.78 Å². The minimum atomic E-state index is -0.942. The van der Waals surface area contributed by atoms with Crippen molar-refractivity contribution < 1.29 is 9.90 Å². The third-order valence-electron chi connectivity index (χ3n) is 1.98. The van der Waals surface area contributed by atoms with E-state index < -0.39 is 6.10 Å². The van der Waals surface area contributed by atoms with E-state index in [4.69, 9.17) is 5.26 Å². The van der Waals surface area contributed by atoms with Gasteiger partial charge in [-0.1, -0.05) is 12.1 Å². The van der Waals surface area contributed by atoms with Gasteiger partial charge in [0, 0.05) is 6.42 Å². The first-order valence-corrected chi connectivity index (χ1v) is 4.31. The van der Waals surface area contributed by atoms with Gasteiger partial charge in [0.15, 0.2) is 5.78 Å². The minimum Gasteiger partial charge on any atom is -0.385 e. The number of carbonyl (C=O) groups excluding carboxylic acids is 1. The van der Waals surface area contributed by atoms with Gasteiger partial charge in [-0.2, -0.15) is 5.26 Å². The molecule has 0 radical (unpaired) electrons. The predicted molar refractivity (Wildman–Crippen MR) is 51.5 cm³/mol. The summed E-state index contributed by atoms with van der Waals surface area (Å²) >= 11 is 0. The van der Waals surface area contributed by atoms with Crippen LogP contribution in [0.2, 0.25) is 0 Å². The van der Waals surface area contributed by atoms with Crippen LogP contribution in [-0.4, -0.2) is 17.0 Å². The van der Waals surface area contributed by atoms with Crippen molar-refractivity contribution in [3.63, 3.8) is 0 Å². The van der Waals surface area contributed by atoms with E-state index >= 15 is 0 Å². The summed E-state index contributed by atoms with van der Waals surface area (Å²) in [5.74, 6) is -0.241. The van der Waals surface area contributed by atoms with Crippen molar-refractivity contribution in [2.75, 3.05) is 0 Å². The number of Topliss-reactive ketones (excluding diaryl/α,β-unsaturated/α-hetero) is 1. The summed E-state index contributed by atoms with van der Waals surface area (Å²) in [6.07, 6.45) is -0.635. The predicted octanol–water partition coefficient (Wildman–Crippen LogP) is 1.05. The van der Waals surface area contributed by atoms with Crippen LogP contribution in [0.15, 0.2) is 24.3 Å². The molecule has 0 amide bonds. The first-order valence-electron chi connectivity index (χ1n) is 4.31. The number of hydrogen-bond donors (Lipinski definition) is 1. The van der Waals surface area contributed by atoms with E-state index in [1.165, 1.54) is 6.92 Å². The van der Waals surface area contributed by atoms with Gasteiger partial charge in [-0.05, 0) is 24.6 Å². The first kappa shape index (κ1) is 10.4. The summed E-state index contributed by atoms with van der Waals surface area (Å²) < 4.78 is 0. The average molecular weight is 189 g/mol. The van der Waals surface area contributed by atoms with Crippen LogP contribution >= 0.6 is 0 Å². The standard InChI is InChI=1S/C11H11NO2/c1-8(13)11(14)6-9-2-4-10(7-12)5-3-9/h2-5,11,14H,6H2,1H3/t11-/m1/s1. The Bertz CT molecular complexity index is 362. The van der Waals surface area contributed by atoms with Crippen LogP contribution in [0.3, 0.4) is 0 Å². The van der Waals surface area contributed by atoms with Gasteiger partial charge in [-0.25, -0.2) is 0 Å². The van der Waals surface area contributed by atoms with Crippen LogP contribution in [0.25, 0.3) is 0 Å². The third-order valence-corrected chi connectivity index (χ3v) is 1.98. The van der Waals surface area contributed by atoms with E-state index in [0.29, 0.717) is 12.0 Å².